The van der Waals surface area contributed by atoms with Crippen molar-refractivity contribution >= 4 is 5.69 Å². The van der Waals surface area contributed by atoms with Gasteiger partial charge in [0, 0.05) is 11.7 Å². The maximum Gasteiger partial charge on any atom is 0.0374 e. The first-order valence-electron chi connectivity index (χ1n) is 7.06. The molecule has 2 rings (SSSR count). The molecule has 1 aromatic rings. The lowest BCUT2D eigenvalue weighted by Gasteiger charge is -2.35. The van der Waals surface area contributed by atoms with Crippen molar-refractivity contribution in [3.8, 4) is 0 Å². The molecule has 1 nitrogen and oxygen atoms in total. The Bertz CT molecular complexity index is 358. The standard InChI is InChI=1S/C16H25N/c1-4-14-9-5-6-10-16(14)17-15-11-7-8-12(2)13(15)3/h5-6,9-10,12-13,15,17H,4,7-8,11H2,1-3H3. The van der Waals surface area contributed by atoms with E-state index in [1.165, 1.54) is 30.5 Å². The van der Waals surface area contributed by atoms with Gasteiger partial charge in [0.25, 0.3) is 0 Å². The summed E-state index contributed by atoms with van der Waals surface area (Å²) in [4.78, 5) is 0. The Morgan fingerprint density at radius 1 is 1.18 bits per heavy atom. The van der Waals surface area contributed by atoms with Crippen LogP contribution in [0.1, 0.15) is 45.6 Å². The number of benzene rings is 1. The molecule has 17 heavy (non-hydrogen) atoms. The van der Waals surface area contributed by atoms with E-state index in [4.69, 9.17) is 0 Å². The van der Waals surface area contributed by atoms with Crippen LogP contribution in [0.5, 0.6) is 0 Å². The second-order valence-corrected chi connectivity index (χ2v) is 5.53. The topological polar surface area (TPSA) is 12.0 Å². The lowest BCUT2D eigenvalue weighted by atomic mass is 9.78. The van der Waals surface area contributed by atoms with Gasteiger partial charge >= 0.3 is 0 Å². The first-order chi connectivity index (χ1) is 8.22. The molecule has 0 amide bonds. The van der Waals surface area contributed by atoms with E-state index >= 15 is 0 Å². The van der Waals surface area contributed by atoms with Gasteiger partial charge in [-0.3, -0.25) is 0 Å². The van der Waals surface area contributed by atoms with Crippen LogP contribution in [0, 0.1) is 11.8 Å². The van der Waals surface area contributed by atoms with Gasteiger partial charge in [-0.1, -0.05) is 51.8 Å². The van der Waals surface area contributed by atoms with Crippen molar-refractivity contribution in [3.63, 3.8) is 0 Å². The smallest absolute Gasteiger partial charge is 0.0374 e. The molecule has 1 saturated carbocycles. The molecule has 94 valence electrons. The Labute approximate surface area is 106 Å². The minimum Gasteiger partial charge on any atom is -0.382 e. The Morgan fingerprint density at radius 2 is 1.94 bits per heavy atom. The highest BCUT2D eigenvalue weighted by molar-refractivity contribution is 5.51. The van der Waals surface area contributed by atoms with E-state index in [0.717, 1.165) is 18.3 Å². The molecule has 0 spiro atoms. The minimum atomic E-state index is 0.659. The average molecular weight is 231 g/mol. The van der Waals surface area contributed by atoms with Crippen molar-refractivity contribution in [2.45, 2.75) is 52.5 Å². The van der Waals surface area contributed by atoms with E-state index in [0.29, 0.717) is 6.04 Å². The van der Waals surface area contributed by atoms with Crippen molar-refractivity contribution in [2.24, 2.45) is 11.8 Å². The number of hydrogen-bond donors (Lipinski definition) is 1. The number of nitrogens with one attached hydrogen (secondary N) is 1. The van der Waals surface area contributed by atoms with Gasteiger partial charge in [0.1, 0.15) is 0 Å². The lowest BCUT2D eigenvalue weighted by molar-refractivity contribution is 0.253. The normalized spacial score (nSPS) is 29.0. The number of rotatable bonds is 3. The summed E-state index contributed by atoms with van der Waals surface area (Å²) in [5.41, 5.74) is 2.79. The number of aryl methyl sites for hydroxylation is 1. The molecule has 0 radical (unpaired) electrons. The van der Waals surface area contributed by atoms with Crippen LogP contribution in [-0.4, -0.2) is 6.04 Å². The number of anilines is 1. The predicted molar refractivity (Wildman–Crippen MR) is 75.4 cm³/mol. The molecule has 1 heteroatoms. The second-order valence-electron chi connectivity index (χ2n) is 5.53. The van der Waals surface area contributed by atoms with Crippen LogP contribution < -0.4 is 5.32 Å². The largest absolute Gasteiger partial charge is 0.382 e. The summed E-state index contributed by atoms with van der Waals surface area (Å²) in [7, 11) is 0. The average Bonchev–Trinajstić information content (AvgIpc) is 2.35. The van der Waals surface area contributed by atoms with Crippen LogP contribution in [0.4, 0.5) is 5.69 Å². The molecule has 1 N–H and O–H groups in total. The molecule has 0 bridgehead atoms. The van der Waals surface area contributed by atoms with Gasteiger partial charge in [-0.05, 0) is 36.3 Å². The van der Waals surface area contributed by atoms with Crippen LogP contribution in [0.15, 0.2) is 24.3 Å². The highest BCUT2D eigenvalue weighted by Gasteiger charge is 2.26. The van der Waals surface area contributed by atoms with E-state index in [1.54, 1.807) is 0 Å². The lowest BCUT2D eigenvalue weighted by Crippen LogP contribution is -2.35. The zero-order chi connectivity index (χ0) is 12.3. The minimum absolute atomic E-state index is 0.659. The van der Waals surface area contributed by atoms with Crippen LogP contribution in [0.3, 0.4) is 0 Å². The van der Waals surface area contributed by atoms with E-state index in [-0.39, 0.29) is 0 Å². The van der Waals surface area contributed by atoms with Crippen molar-refractivity contribution in [3.05, 3.63) is 29.8 Å². The third-order valence-corrected chi connectivity index (χ3v) is 4.45. The van der Waals surface area contributed by atoms with Gasteiger partial charge < -0.3 is 5.32 Å². The summed E-state index contributed by atoms with van der Waals surface area (Å²) in [6.45, 7) is 7.02. The fourth-order valence-corrected chi connectivity index (χ4v) is 2.95. The Morgan fingerprint density at radius 3 is 2.71 bits per heavy atom. The SMILES string of the molecule is CCc1ccccc1NC1CCCC(C)C1C. The molecule has 0 aromatic heterocycles. The Balaban J connectivity index is 2.09. The third kappa shape index (κ3) is 2.83. The third-order valence-electron chi connectivity index (χ3n) is 4.45. The predicted octanol–water partition coefficient (Wildman–Crippen LogP) is 4.49. The molecule has 1 fully saturated rings. The summed E-state index contributed by atoms with van der Waals surface area (Å²) in [6.07, 6.45) is 5.20. The van der Waals surface area contributed by atoms with Crippen LogP contribution >= 0.6 is 0 Å². The van der Waals surface area contributed by atoms with Crippen molar-refractivity contribution in [1.82, 2.24) is 0 Å². The maximum atomic E-state index is 3.78. The summed E-state index contributed by atoms with van der Waals surface area (Å²) in [6, 6.07) is 9.39. The van der Waals surface area contributed by atoms with Gasteiger partial charge in [0.05, 0.1) is 0 Å². The molecule has 1 aliphatic carbocycles. The molecular formula is C16H25N. The van der Waals surface area contributed by atoms with Gasteiger partial charge in [0.15, 0.2) is 0 Å². The number of hydrogen-bond acceptors (Lipinski definition) is 1. The van der Waals surface area contributed by atoms with E-state index in [2.05, 4.69) is 50.4 Å². The van der Waals surface area contributed by atoms with Crippen LogP contribution in [-0.2, 0) is 6.42 Å². The summed E-state index contributed by atoms with van der Waals surface area (Å²) >= 11 is 0. The molecule has 0 aliphatic heterocycles. The molecule has 3 unspecified atom stereocenters. The molecule has 0 heterocycles. The van der Waals surface area contributed by atoms with Gasteiger partial charge in [-0.15, -0.1) is 0 Å². The highest BCUT2D eigenvalue weighted by atomic mass is 14.9. The monoisotopic (exact) mass is 231 g/mol. The summed E-state index contributed by atoms with van der Waals surface area (Å²) in [5, 5.41) is 3.78. The van der Waals surface area contributed by atoms with Gasteiger partial charge in [0.2, 0.25) is 0 Å². The molecule has 1 aliphatic rings. The van der Waals surface area contributed by atoms with E-state index < -0.39 is 0 Å². The Hall–Kier alpha value is -0.980. The van der Waals surface area contributed by atoms with Gasteiger partial charge in [-0.25, -0.2) is 0 Å². The molecular weight excluding hydrogens is 206 g/mol. The van der Waals surface area contributed by atoms with Crippen molar-refractivity contribution in [2.75, 3.05) is 5.32 Å². The summed E-state index contributed by atoms with van der Waals surface area (Å²) in [5.74, 6) is 1.64. The van der Waals surface area contributed by atoms with E-state index in [1.807, 2.05) is 0 Å². The molecule has 0 saturated heterocycles. The van der Waals surface area contributed by atoms with Gasteiger partial charge in [-0.2, -0.15) is 0 Å². The fraction of sp³-hybridized carbons (Fsp3) is 0.625. The van der Waals surface area contributed by atoms with E-state index in [9.17, 15) is 0 Å². The zero-order valence-electron chi connectivity index (χ0n) is 11.4. The molecule has 3 atom stereocenters. The van der Waals surface area contributed by atoms with Crippen molar-refractivity contribution < 1.29 is 0 Å². The first-order valence-corrected chi connectivity index (χ1v) is 7.06. The van der Waals surface area contributed by atoms with Crippen molar-refractivity contribution in [1.29, 1.82) is 0 Å². The second kappa shape index (κ2) is 5.57. The van der Waals surface area contributed by atoms with Crippen LogP contribution in [0.25, 0.3) is 0 Å². The summed E-state index contributed by atoms with van der Waals surface area (Å²) < 4.78 is 0. The Kier molecular flexibility index (Phi) is 4.09. The first kappa shape index (κ1) is 12.5. The number of para-hydroxylation sites is 1. The quantitative estimate of drug-likeness (QED) is 0.808. The maximum absolute atomic E-state index is 3.78. The molecule has 1 aromatic carbocycles. The van der Waals surface area contributed by atoms with Crippen LogP contribution in [0.2, 0.25) is 0 Å². The fourth-order valence-electron chi connectivity index (χ4n) is 2.95. The zero-order valence-corrected chi connectivity index (χ0v) is 11.4. The highest BCUT2D eigenvalue weighted by Crippen LogP contribution is 2.32.